The molecule has 5 heteroatoms. The lowest BCUT2D eigenvalue weighted by molar-refractivity contribution is 0.249. The number of anilines is 1. The SMILES string of the molecule is CC(C)(CNC(=O)Nc1cccc2cccnc12)c1ccc(F)cc1. The van der Waals surface area contributed by atoms with Gasteiger partial charge in [0.15, 0.2) is 0 Å². The first kappa shape index (κ1) is 16.9. The number of urea groups is 1. The van der Waals surface area contributed by atoms with Crippen LogP contribution >= 0.6 is 0 Å². The first-order valence-corrected chi connectivity index (χ1v) is 8.10. The largest absolute Gasteiger partial charge is 0.337 e. The number of carbonyl (C=O) groups excluding carboxylic acids is 1. The summed E-state index contributed by atoms with van der Waals surface area (Å²) in [7, 11) is 0. The van der Waals surface area contributed by atoms with Gasteiger partial charge in [-0.05, 0) is 29.8 Å². The summed E-state index contributed by atoms with van der Waals surface area (Å²) < 4.78 is 13.1. The third-order valence-electron chi connectivity index (χ3n) is 4.20. The van der Waals surface area contributed by atoms with Crippen LogP contribution in [0.15, 0.2) is 60.8 Å². The van der Waals surface area contributed by atoms with E-state index in [-0.39, 0.29) is 17.3 Å². The molecule has 25 heavy (non-hydrogen) atoms. The molecular formula is C20H20FN3O. The quantitative estimate of drug-likeness (QED) is 0.738. The molecular weight excluding hydrogens is 317 g/mol. The van der Waals surface area contributed by atoms with E-state index in [2.05, 4.69) is 15.6 Å². The first-order valence-electron chi connectivity index (χ1n) is 8.10. The molecule has 3 rings (SSSR count). The van der Waals surface area contributed by atoms with Crippen molar-refractivity contribution in [2.24, 2.45) is 0 Å². The summed E-state index contributed by atoms with van der Waals surface area (Å²) in [5.74, 6) is -0.270. The highest BCUT2D eigenvalue weighted by Crippen LogP contribution is 2.23. The number of carbonyl (C=O) groups is 1. The molecule has 2 amide bonds. The summed E-state index contributed by atoms with van der Waals surface area (Å²) in [4.78, 5) is 16.6. The summed E-state index contributed by atoms with van der Waals surface area (Å²) in [5.41, 5.74) is 2.05. The molecule has 0 aliphatic carbocycles. The molecule has 0 aliphatic rings. The molecule has 2 N–H and O–H groups in total. The molecule has 0 saturated heterocycles. The zero-order chi connectivity index (χ0) is 17.9. The fraction of sp³-hybridized carbons (Fsp3) is 0.200. The van der Waals surface area contributed by atoms with Gasteiger partial charge in [-0.1, -0.05) is 44.2 Å². The second-order valence-corrected chi connectivity index (χ2v) is 6.58. The molecule has 4 nitrogen and oxygen atoms in total. The lowest BCUT2D eigenvalue weighted by Gasteiger charge is -2.25. The van der Waals surface area contributed by atoms with Gasteiger partial charge < -0.3 is 10.6 Å². The predicted octanol–water partition coefficient (Wildman–Crippen LogP) is 4.47. The number of aromatic nitrogens is 1. The van der Waals surface area contributed by atoms with E-state index in [4.69, 9.17) is 0 Å². The third kappa shape index (κ3) is 3.94. The van der Waals surface area contributed by atoms with Crippen molar-refractivity contribution in [2.45, 2.75) is 19.3 Å². The molecule has 0 spiro atoms. The lowest BCUT2D eigenvalue weighted by Crippen LogP contribution is -2.39. The number of benzene rings is 2. The minimum atomic E-state index is -0.317. The molecule has 0 saturated carbocycles. The number of pyridine rings is 1. The van der Waals surface area contributed by atoms with Crippen molar-refractivity contribution in [1.82, 2.24) is 10.3 Å². The minimum absolute atomic E-state index is 0.270. The highest BCUT2D eigenvalue weighted by molar-refractivity contribution is 5.99. The average Bonchev–Trinajstić information content (AvgIpc) is 2.61. The zero-order valence-electron chi connectivity index (χ0n) is 14.2. The summed E-state index contributed by atoms with van der Waals surface area (Å²) >= 11 is 0. The Morgan fingerprint density at radius 3 is 2.56 bits per heavy atom. The summed E-state index contributed by atoms with van der Waals surface area (Å²) in [6.07, 6.45) is 1.70. The van der Waals surface area contributed by atoms with E-state index in [1.165, 1.54) is 12.1 Å². The standard InChI is InChI=1S/C20H20FN3O/c1-20(2,15-8-10-16(21)11-9-15)13-23-19(25)24-17-7-3-5-14-6-4-12-22-18(14)17/h3-12H,13H2,1-2H3,(H2,23,24,25). The van der Waals surface area contributed by atoms with Crippen molar-refractivity contribution < 1.29 is 9.18 Å². The number of amides is 2. The Labute approximate surface area is 146 Å². The van der Waals surface area contributed by atoms with E-state index in [0.29, 0.717) is 12.2 Å². The molecule has 1 aromatic heterocycles. The summed E-state index contributed by atoms with van der Waals surface area (Å²) in [6.45, 7) is 4.42. The van der Waals surface area contributed by atoms with Crippen LogP contribution in [-0.4, -0.2) is 17.6 Å². The monoisotopic (exact) mass is 337 g/mol. The van der Waals surface area contributed by atoms with E-state index >= 15 is 0 Å². The number of nitrogens with one attached hydrogen (secondary N) is 2. The number of rotatable bonds is 4. The van der Waals surface area contributed by atoms with Crippen LogP contribution in [0, 0.1) is 5.82 Å². The van der Waals surface area contributed by atoms with Crippen molar-refractivity contribution in [2.75, 3.05) is 11.9 Å². The Bertz CT molecular complexity index is 886. The Morgan fingerprint density at radius 2 is 1.80 bits per heavy atom. The first-order chi connectivity index (χ1) is 12.0. The maximum Gasteiger partial charge on any atom is 0.319 e. The minimum Gasteiger partial charge on any atom is -0.337 e. The molecule has 0 radical (unpaired) electrons. The van der Waals surface area contributed by atoms with E-state index in [1.807, 2.05) is 44.2 Å². The van der Waals surface area contributed by atoms with Crippen molar-refractivity contribution in [1.29, 1.82) is 0 Å². The maximum atomic E-state index is 13.1. The fourth-order valence-electron chi connectivity index (χ4n) is 2.68. The normalized spacial score (nSPS) is 11.3. The summed E-state index contributed by atoms with van der Waals surface area (Å²) in [6, 6.07) is 15.5. The van der Waals surface area contributed by atoms with Crippen molar-refractivity contribution >= 4 is 22.6 Å². The van der Waals surface area contributed by atoms with E-state index in [0.717, 1.165) is 16.5 Å². The van der Waals surface area contributed by atoms with Gasteiger partial charge in [0, 0.05) is 23.5 Å². The third-order valence-corrected chi connectivity index (χ3v) is 4.20. The van der Waals surface area contributed by atoms with Crippen LogP contribution in [0.25, 0.3) is 10.9 Å². The van der Waals surface area contributed by atoms with Gasteiger partial charge in [0.1, 0.15) is 5.82 Å². The van der Waals surface area contributed by atoms with Gasteiger partial charge in [-0.15, -0.1) is 0 Å². The number of para-hydroxylation sites is 1. The second kappa shape index (κ2) is 6.89. The van der Waals surface area contributed by atoms with Crippen LogP contribution in [0.1, 0.15) is 19.4 Å². The average molecular weight is 337 g/mol. The fourth-order valence-corrected chi connectivity index (χ4v) is 2.68. The molecule has 128 valence electrons. The number of halogens is 1. The highest BCUT2D eigenvalue weighted by atomic mass is 19.1. The molecule has 3 aromatic rings. The molecule has 0 bridgehead atoms. The topological polar surface area (TPSA) is 54.0 Å². The van der Waals surface area contributed by atoms with Crippen LogP contribution < -0.4 is 10.6 Å². The molecule has 0 unspecified atom stereocenters. The van der Waals surface area contributed by atoms with Gasteiger partial charge >= 0.3 is 6.03 Å². The Kier molecular flexibility index (Phi) is 4.65. The van der Waals surface area contributed by atoms with Gasteiger partial charge in [0.25, 0.3) is 0 Å². The predicted molar refractivity (Wildman–Crippen MR) is 98.2 cm³/mol. The zero-order valence-corrected chi connectivity index (χ0v) is 14.2. The highest BCUT2D eigenvalue weighted by Gasteiger charge is 2.21. The van der Waals surface area contributed by atoms with E-state index < -0.39 is 0 Å². The van der Waals surface area contributed by atoms with Crippen LogP contribution in [-0.2, 0) is 5.41 Å². The van der Waals surface area contributed by atoms with Gasteiger partial charge in [-0.3, -0.25) is 4.98 Å². The van der Waals surface area contributed by atoms with Crippen molar-refractivity contribution in [3.63, 3.8) is 0 Å². The van der Waals surface area contributed by atoms with Gasteiger partial charge in [-0.2, -0.15) is 0 Å². The van der Waals surface area contributed by atoms with E-state index in [1.54, 1.807) is 18.3 Å². The summed E-state index contributed by atoms with van der Waals surface area (Å²) in [5, 5.41) is 6.69. The van der Waals surface area contributed by atoms with Crippen molar-refractivity contribution in [3.05, 3.63) is 72.2 Å². The molecule has 1 heterocycles. The van der Waals surface area contributed by atoms with Crippen LogP contribution in [0.2, 0.25) is 0 Å². The number of nitrogens with zero attached hydrogens (tertiary/aromatic N) is 1. The Hall–Kier alpha value is -2.95. The van der Waals surface area contributed by atoms with Crippen LogP contribution in [0.3, 0.4) is 0 Å². The number of hydrogen-bond donors (Lipinski definition) is 2. The van der Waals surface area contributed by atoms with Gasteiger partial charge in [-0.25, -0.2) is 9.18 Å². The number of fused-ring (bicyclic) bond motifs is 1. The number of hydrogen-bond acceptors (Lipinski definition) is 2. The van der Waals surface area contributed by atoms with Crippen molar-refractivity contribution in [3.8, 4) is 0 Å². The molecule has 0 atom stereocenters. The smallest absolute Gasteiger partial charge is 0.319 e. The molecule has 0 fully saturated rings. The Balaban J connectivity index is 1.67. The van der Waals surface area contributed by atoms with Gasteiger partial charge in [0.05, 0.1) is 11.2 Å². The van der Waals surface area contributed by atoms with Crippen LogP contribution in [0.5, 0.6) is 0 Å². The molecule has 0 aliphatic heterocycles. The van der Waals surface area contributed by atoms with E-state index in [9.17, 15) is 9.18 Å². The second-order valence-electron chi connectivity index (χ2n) is 6.58. The van der Waals surface area contributed by atoms with Gasteiger partial charge in [0.2, 0.25) is 0 Å². The lowest BCUT2D eigenvalue weighted by atomic mass is 9.84. The molecule has 2 aromatic carbocycles. The maximum absolute atomic E-state index is 13.1. The Morgan fingerprint density at radius 1 is 1.08 bits per heavy atom. The van der Waals surface area contributed by atoms with Crippen LogP contribution in [0.4, 0.5) is 14.9 Å².